The van der Waals surface area contributed by atoms with Gasteiger partial charge in [-0.15, -0.1) is 0 Å². The lowest BCUT2D eigenvalue weighted by molar-refractivity contribution is 0.487. The molecule has 1 aromatic heterocycles. The van der Waals surface area contributed by atoms with Crippen LogP contribution in [0.5, 0.6) is 0 Å². The number of aryl methyl sites for hydroxylation is 1. The monoisotopic (exact) mass is 277 g/mol. The number of likely N-dealkylation sites (N-methyl/N-ethyl adjacent to an activating group) is 1. The minimum atomic E-state index is 0.249. The summed E-state index contributed by atoms with van der Waals surface area (Å²) in [6.45, 7) is 5.15. The van der Waals surface area contributed by atoms with Crippen molar-refractivity contribution in [1.82, 2.24) is 5.32 Å². The molecule has 0 aliphatic carbocycles. The molecule has 1 heterocycles. The molecule has 0 aliphatic heterocycles. The molecule has 3 heteroatoms. The van der Waals surface area contributed by atoms with E-state index in [0.29, 0.717) is 0 Å². The van der Waals surface area contributed by atoms with Crippen molar-refractivity contribution in [3.63, 3.8) is 0 Å². The molecule has 0 radical (unpaired) electrons. The van der Waals surface area contributed by atoms with Crippen molar-refractivity contribution in [2.45, 2.75) is 32.7 Å². The Morgan fingerprint density at radius 3 is 2.68 bits per heavy atom. The summed E-state index contributed by atoms with van der Waals surface area (Å²) in [5.74, 6) is 1.05. The highest BCUT2D eigenvalue weighted by Crippen LogP contribution is 2.26. The molecule has 2 aromatic rings. The van der Waals surface area contributed by atoms with Crippen molar-refractivity contribution >= 4 is 11.6 Å². The molecule has 1 atom stereocenters. The predicted octanol–water partition coefficient (Wildman–Crippen LogP) is 4.39. The van der Waals surface area contributed by atoms with E-state index in [-0.39, 0.29) is 6.04 Å². The molecular formula is C16H20ClNO. The Labute approximate surface area is 119 Å². The Hall–Kier alpha value is -1.25. The second-order valence-corrected chi connectivity index (χ2v) is 4.97. The molecule has 2 rings (SSSR count). The average Bonchev–Trinajstić information content (AvgIpc) is 2.89. The molecule has 0 saturated heterocycles. The average molecular weight is 278 g/mol. The largest absolute Gasteiger partial charge is 0.469 e. The zero-order valence-electron chi connectivity index (χ0n) is 11.4. The maximum atomic E-state index is 6.25. The molecule has 0 amide bonds. The minimum absolute atomic E-state index is 0.249. The zero-order valence-corrected chi connectivity index (χ0v) is 12.2. The van der Waals surface area contributed by atoms with E-state index >= 15 is 0 Å². The lowest BCUT2D eigenvalue weighted by Crippen LogP contribution is -2.23. The highest BCUT2D eigenvalue weighted by Gasteiger charge is 2.17. The standard InChI is InChI=1S/C16H20ClNO/c1-3-16-13(9-10-19-16)15(18-4-2)11-12-7-5-6-8-14(12)17/h5-10,15,18H,3-4,11H2,1-2H3. The number of nitrogens with one attached hydrogen (secondary N) is 1. The lowest BCUT2D eigenvalue weighted by Gasteiger charge is -2.18. The van der Waals surface area contributed by atoms with Crippen LogP contribution in [-0.2, 0) is 12.8 Å². The molecule has 19 heavy (non-hydrogen) atoms. The van der Waals surface area contributed by atoms with Crippen LogP contribution in [0.1, 0.15) is 36.8 Å². The van der Waals surface area contributed by atoms with Gasteiger partial charge in [-0.05, 0) is 30.7 Å². The summed E-state index contributed by atoms with van der Waals surface area (Å²) >= 11 is 6.25. The summed E-state index contributed by atoms with van der Waals surface area (Å²) in [5, 5.41) is 4.34. The van der Waals surface area contributed by atoms with Crippen molar-refractivity contribution in [2.24, 2.45) is 0 Å². The number of hydrogen-bond acceptors (Lipinski definition) is 2. The molecule has 1 unspecified atom stereocenters. The fourth-order valence-corrected chi connectivity index (χ4v) is 2.58. The summed E-state index contributed by atoms with van der Waals surface area (Å²) in [6.07, 6.45) is 3.55. The lowest BCUT2D eigenvalue weighted by atomic mass is 9.98. The number of benzene rings is 1. The zero-order chi connectivity index (χ0) is 13.7. The van der Waals surface area contributed by atoms with Gasteiger partial charge >= 0.3 is 0 Å². The first-order valence-corrected chi connectivity index (χ1v) is 7.17. The van der Waals surface area contributed by atoms with Gasteiger partial charge in [0.15, 0.2) is 0 Å². The smallest absolute Gasteiger partial charge is 0.108 e. The van der Waals surface area contributed by atoms with Crippen molar-refractivity contribution < 1.29 is 4.42 Å². The molecule has 2 nitrogen and oxygen atoms in total. The topological polar surface area (TPSA) is 25.2 Å². The molecule has 0 saturated carbocycles. The van der Waals surface area contributed by atoms with E-state index in [2.05, 4.69) is 31.3 Å². The van der Waals surface area contributed by atoms with E-state index in [1.807, 2.05) is 18.2 Å². The Kier molecular flexibility index (Phi) is 5.06. The molecule has 102 valence electrons. The van der Waals surface area contributed by atoms with E-state index in [0.717, 1.165) is 30.2 Å². The van der Waals surface area contributed by atoms with Crippen LogP contribution in [0.4, 0.5) is 0 Å². The van der Waals surface area contributed by atoms with E-state index in [4.69, 9.17) is 16.0 Å². The maximum Gasteiger partial charge on any atom is 0.108 e. The van der Waals surface area contributed by atoms with Gasteiger partial charge in [-0.3, -0.25) is 0 Å². The summed E-state index contributed by atoms with van der Waals surface area (Å²) in [5.41, 5.74) is 2.41. The third kappa shape index (κ3) is 3.40. The Bertz CT molecular complexity index is 521. The van der Waals surface area contributed by atoms with Gasteiger partial charge in [0.05, 0.1) is 6.26 Å². The van der Waals surface area contributed by atoms with Gasteiger partial charge in [0.25, 0.3) is 0 Å². The summed E-state index contributed by atoms with van der Waals surface area (Å²) in [7, 11) is 0. The SMILES string of the molecule is CCNC(Cc1ccccc1Cl)c1ccoc1CC. The van der Waals surface area contributed by atoms with Crippen LogP contribution >= 0.6 is 11.6 Å². The molecule has 0 fully saturated rings. The molecule has 1 aromatic carbocycles. The molecule has 0 aliphatic rings. The first kappa shape index (κ1) is 14.2. The van der Waals surface area contributed by atoms with E-state index in [1.54, 1.807) is 6.26 Å². The fraction of sp³-hybridized carbons (Fsp3) is 0.375. The summed E-state index contributed by atoms with van der Waals surface area (Å²) < 4.78 is 5.54. The van der Waals surface area contributed by atoms with Gasteiger partial charge in [0.1, 0.15) is 5.76 Å². The predicted molar refractivity (Wildman–Crippen MR) is 79.7 cm³/mol. The van der Waals surface area contributed by atoms with Crippen LogP contribution in [0.2, 0.25) is 5.02 Å². The second kappa shape index (κ2) is 6.78. The second-order valence-electron chi connectivity index (χ2n) is 4.56. The molecule has 0 bridgehead atoms. The van der Waals surface area contributed by atoms with Crippen molar-refractivity contribution in [3.05, 3.63) is 58.5 Å². The molecular weight excluding hydrogens is 258 g/mol. The van der Waals surface area contributed by atoms with Gasteiger partial charge in [-0.1, -0.05) is 43.6 Å². The van der Waals surface area contributed by atoms with Gasteiger partial charge in [0, 0.05) is 23.0 Å². The van der Waals surface area contributed by atoms with Gasteiger partial charge in [-0.25, -0.2) is 0 Å². The minimum Gasteiger partial charge on any atom is -0.469 e. The van der Waals surface area contributed by atoms with Crippen LogP contribution in [0.15, 0.2) is 41.0 Å². The van der Waals surface area contributed by atoms with E-state index in [9.17, 15) is 0 Å². The Balaban J connectivity index is 2.24. The van der Waals surface area contributed by atoms with E-state index in [1.165, 1.54) is 11.1 Å². The number of halogens is 1. The van der Waals surface area contributed by atoms with Crippen LogP contribution in [0.25, 0.3) is 0 Å². The van der Waals surface area contributed by atoms with Crippen LogP contribution < -0.4 is 5.32 Å². The van der Waals surface area contributed by atoms with Gasteiger partial charge < -0.3 is 9.73 Å². The van der Waals surface area contributed by atoms with Crippen LogP contribution in [0.3, 0.4) is 0 Å². The third-order valence-corrected chi connectivity index (χ3v) is 3.68. The number of furan rings is 1. The fourth-order valence-electron chi connectivity index (χ4n) is 2.37. The van der Waals surface area contributed by atoms with Crippen LogP contribution in [0, 0.1) is 0 Å². The normalized spacial score (nSPS) is 12.6. The highest BCUT2D eigenvalue weighted by atomic mass is 35.5. The molecule has 0 spiro atoms. The Morgan fingerprint density at radius 2 is 2.00 bits per heavy atom. The highest BCUT2D eigenvalue weighted by molar-refractivity contribution is 6.31. The summed E-state index contributed by atoms with van der Waals surface area (Å²) in [4.78, 5) is 0. The van der Waals surface area contributed by atoms with Crippen molar-refractivity contribution in [2.75, 3.05) is 6.54 Å². The molecule has 1 N–H and O–H groups in total. The number of rotatable bonds is 6. The van der Waals surface area contributed by atoms with Gasteiger partial charge in [0.2, 0.25) is 0 Å². The summed E-state index contributed by atoms with van der Waals surface area (Å²) in [6, 6.07) is 10.3. The number of hydrogen-bond donors (Lipinski definition) is 1. The van der Waals surface area contributed by atoms with Crippen LogP contribution in [-0.4, -0.2) is 6.54 Å². The van der Waals surface area contributed by atoms with Crippen molar-refractivity contribution in [1.29, 1.82) is 0 Å². The quantitative estimate of drug-likeness (QED) is 0.847. The third-order valence-electron chi connectivity index (χ3n) is 3.31. The Morgan fingerprint density at radius 1 is 1.21 bits per heavy atom. The first-order chi connectivity index (χ1) is 9.26. The van der Waals surface area contributed by atoms with E-state index < -0.39 is 0 Å². The van der Waals surface area contributed by atoms with Crippen molar-refractivity contribution in [3.8, 4) is 0 Å². The van der Waals surface area contributed by atoms with Gasteiger partial charge in [-0.2, -0.15) is 0 Å². The first-order valence-electron chi connectivity index (χ1n) is 6.79. The maximum absolute atomic E-state index is 6.25.